The fourth-order valence-corrected chi connectivity index (χ4v) is 1.58. The number of Topliss-reactive ketones (excluding diaryl/α,β-unsaturated/α-hetero) is 1. The van der Waals surface area contributed by atoms with Crippen LogP contribution in [-0.4, -0.2) is 77.9 Å². The Morgan fingerprint density at radius 1 is 1.32 bits per heavy atom. The molecular formula is C11H18O8. The molecule has 0 saturated carbocycles. The van der Waals surface area contributed by atoms with E-state index in [1.165, 1.54) is 0 Å². The highest BCUT2D eigenvalue weighted by Gasteiger charge is 2.48. The van der Waals surface area contributed by atoms with Gasteiger partial charge in [-0.05, 0) is 6.92 Å². The van der Waals surface area contributed by atoms with E-state index in [1.54, 1.807) is 6.92 Å². The molecule has 3 N–H and O–H groups in total. The van der Waals surface area contributed by atoms with Gasteiger partial charge in [-0.25, -0.2) is 4.79 Å². The van der Waals surface area contributed by atoms with E-state index in [9.17, 15) is 19.8 Å². The zero-order valence-corrected chi connectivity index (χ0v) is 10.5. The molecule has 4 atom stereocenters. The molecular weight excluding hydrogens is 260 g/mol. The summed E-state index contributed by atoms with van der Waals surface area (Å²) in [4.78, 5) is 22.6. The lowest BCUT2D eigenvalue weighted by atomic mass is 10.1. The molecule has 0 aromatic heterocycles. The quantitative estimate of drug-likeness (QED) is 0.332. The smallest absolute Gasteiger partial charge is 0.378 e. The molecule has 8 nitrogen and oxygen atoms in total. The van der Waals surface area contributed by atoms with Crippen LogP contribution in [0.2, 0.25) is 0 Å². The van der Waals surface area contributed by atoms with Crippen LogP contribution in [0.3, 0.4) is 0 Å². The Morgan fingerprint density at radius 2 is 2.00 bits per heavy atom. The molecule has 0 bridgehead atoms. The van der Waals surface area contributed by atoms with Crippen LogP contribution in [0.15, 0.2) is 0 Å². The normalized spacial score (nSPS) is 26.3. The highest BCUT2D eigenvalue weighted by molar-refractivity contribution is 6.37. The topological polar surface area (TPSA) is 123 Å². The summed E-state index contributed by atoms with van der Waals surface area (Å²) in [5.41, 5.74) is 0. The predicted octanol–water partition coefficient (Wildman–Crippen LogP) is -2.38. The lowest BCUT2D eigenvalue weighted by molar-refractivity contribution is -0.152. The Bertz CT molecular complexity index is 318. The number of esters is 1. The number of hydrogen-bond acceptors (Lipinski definition) is 8. The van der Waals surface area contributed by atoms with E-state index in [0.717, 1.165) is 0 Å². The van der Waals surface area contributed by atoms with Gasteiger partial charge >= 0.3 is 5.97 Å². The molecule has 4 unspecified atom stereocenters. The van der Waals surface area contributed by atoms with Crippen molar-refractivity contribution in [3.8, 4) is 0 Å². The van der Waals surface area contributed by atoms with Crippen molar-refractivity contribution in [3.05, 3.63) is 0 Å². The Balaban J connectivity index is 2.52. The Kier molecular flexibility index (Phi) is 6.32. The van der Waals surface area contributed by atoms with Crippen molar-refractivity contribution in [3.63, 3.8) is 0 Å². The second-order valence-electron chi connectivity index (χ2n) is 4.05. The van der Waals surface area contributed by atoms with E-state index in [-0.39, 0.29) is 13.2 Å². The van der Waals surface area contributed by atoms with E-state index >= 15 is 0 Å². The van der Waals surface area contributed by atoms with Gasteiger partial charge in [0.15, 0.2) is 12.2 Å². The monoisotopic (exact) mass is 278 g/mol. The number of ether oxygens (including phenoxy) is 3. The van der Waals surface area contributed by atoms with E-state index in [0.29, 0.717) is 6.61 Å². The first-order chi connectivity index (χ1) is 9.01. The van der Waals surface area contributed by atoms with E-state index in [1.807, 2.05) is 0 Å². The lowest BCUT2D eigenvalue weighted by Gasteiger charge is -2.21. The molecule has 8 heteroatoms. The number of cyclic esters (lactones) is 1. The molecule has 1 fully saturated rings. The molecule has 1 aliphatic heterocycles. The summed E-state index contributed by atoms with van der Waals surface area (Å²) in [7, 11) is 0. The Labute approximate surface area is 109 Å². The van der Waals surface area contributed by atoms with Crippen LogP contribution in [0.4, 0.5) is 0 Å². The molecule has 0 spiro atoms. The third-order valence-electron chi connectivity index (χ3n) is 2.55. The molecule has 1 rings (SSSR count). The molecule has 110 valence electrons. The van der Waals surface area contributed by atoms with Gasteiger partial charge in [-0.1, -0.05) is 0 Å². The fraction of sp³-hybridized carbons (Fsp3) is 0.818. The summed E-state index contributed by atoms with van der Waals surface area (Å²) in [6, 6.07) is 0. The Hall–Kier alpha value is -1.06. The largest absolute Gasteiger partial charge is 0.450 e. The highest BCUT2D eigenvalue weighted by Crippen LogP contribution is 2.19. The van der Waals surface area contributed by atoms with Crippen molar-refractivity contribution in [2.24, 2.45) is 0 Å². The molecule has 0 amide bonds. The van der Waals surface area contributed by atoms with Crippen LogP contribution in [0.25, 0.3) is 0 Å². The zero-order valence-electron chi connectivity index (χ0n) is 10.5. The summed E-state index contributed by atoms with van der Waals surface area (Å²) in [5, 5.41) is 27.7. The zero-order chi connectivity index (χ0) is 14.4. The number of aliphatic hydroxyl groups excluding tert-OH is 3. The molecule has 1 saturated heterocycles. The van der Waals surface area contributed by atoms with Crippen LogP contribution in [0.5, 0.6) is 0 Å². The van der Waals surface area contributed by atoms with Crippen molar-refractivity contribution in [2.45, 2.75) is 31.3 Å². The third-order valence-corrected chi connectivity index (χ3v) is 2.55. The minimum Gasteiger partial charge on any atom is -0.450 e. The maximum atomic E-state index is 11.5. The van der Waals surface area contributed by atoms with Gasteiger partial charge in [0, 0.05) is 6.61 Å². The second kappa shape index (κ2) is 7.51. The van der Waals surface area contributed by atoms with Gasteiger partial charge in [-0.15, -0.1) is 0 Å². The predicted molar refractivity (Wildman–Crippen MR) is 60.2 cm³/mol. The lowest BCUT2D eigenvalue weighted by Crippen LogP contribution is -2.42. The second-order valence-corrected chi connectivity index (χ2v) is 4.05. The molecule has 0 aromatic rings. The molecule has 19 heavy (non-hydrogen) atoms. The summed E-state index contributed by atoms with van der Waals surface area (Å²) in [6.07, 6.45) is -4.96. The summed E-state index contributed by atoms with van der Waals surface area (Å²) >= 11 is 0. The van der Waals surface area contributed by atoms with Gasteiger partial charge in [0.25, 0.3) is 5.78 Å². The Morgan fingerprint density at radius 3 is 2.58 bits per heavy atom. The summed E-state index contributed by atoms with van der Waals surface area (Å²) in [5.74, 6) is -2.07. The van der Waals surface area contributed by atoms with Crippen LogP contribution < -0.4 is 0 Å². The van der Waals surface area contributed by atoms with E-state index in [2.05, 4.69) is 4.74 Å². The number of hydrogen-bond donors (Lipinski definition) is 3. The average molecular weight is 278 g/mol. The van der Waals surface area contributed by atoms with Gasteiger partial charge in [-0.3, -0.25) is 4.79 Å². The van der Waals surface area contributed by atoms with Gasteiger partial charge in [-0.2, -0.15) is 0 Å². The third kappa shape index (κ3) is 4.22. The standard InChI is InChI=1S/C11H18O8/c1-2-17-4-6(13)5-18-10-8(15)11(16)19-9(10)7(14)3-12/h6-7,9-10,12-14H,2-5H2,1H3. The maximum Gasteiger partial charge on any atom is 0.378 e. The van der Waals surface area contributed by atoms with Gasteiger partial charge < -0.3 is 29.5 Å². The van der Waals surface area contributed by atoms with Crippen LogP contribution in [0.1, 0.15) is 6.92 Å². The SMILES string of the molecule is CCOCC(O)COC1C(=O)C(=O)OC1C(O)CO. The first-order valence-electron chi connectivity index (χ1n) is 5.92. The van der Waals surface area contributed by atoms with E-state index in [4.69, 9.17) is 14.6 Å². The van der Waals surface area contributed by atoms with Crippen molar-refractivity contribution in [1.29, 1.82) is 0 Å². The van der Waals surface area contributed by atoms with Crippen LogP contribution >= 0.6 is 0 Å². The first-order valence-corrected chi connectivity index (χ1v) is 5.92. The number of ketones is 1. The fourth-order valence-electron chi connectivity index (χ4n) is 1.58. The van der Waals surface area contributed by atoms with Crippen molar-refractivity contribution in [2.75, 3.05) is 26.4 Å². The number of rotatable bonds is 8. The molecule has 1 heterocycles. The number of carbonyl (C=O) groups is 2. The molecule has 0 radical (unpaired) electrons. The number of aliphatic hydroxyl groups is 3. The van der Waals surface area contributed by atoms with Gasteiger partial charge in [0.2, 0.25) is 0 Å². The van der Waals surface area contributed by atoms with E-state index < -0.39 is 42.8 Å². The molecule has 0 aliphatic carbocycles. The molecule has 1 aliphatic rings. The van der Waals surface area contributed by atoms with Crippen LogP contribution in [-0.2, 0) is 23.8 Å². The summed E-state index contributed by atoms with van der Waals surface area (Å²) in [6.45, 7) is 1.29. The van der Waals surface area contributed by atoms with Crippen molar-refractivity contribution in [1.82, 2.24) is 0 Å². The minimum absolute atomic E-state index is 0.0272. The van der Waals surface area contributed by atoms with Gasteiger partial charge in [0.05, 0.1) is 19.8 Å². The maximum absolute atomic E-state index is 11.5. The van der Waals surface area contributed by atoms with Crippen LogP contribution in [0, 0.1) is 0 Å². The first kappa shape index (κ1) is 16.0. The van der Waals surface area contributed by atoms with Crippen molar-refractivity contribution >= 4 is 11.8 Å². The number of carbonyl (C=O) groups excluding carboxylic acids is 2. The summed E-state index contributed by atoms with van der Waals surface area (Å²) < 4.78 is 14.7. The average Bonchev–Trinajstić information content (AvgIpc) is 2.69. The highest BCUT2D eigenvalue weighted by atomic mass is 16.6. The minimum atomic E-state index is -1.41. The molecule has 0 aromatic carbocycles. The van der Waals surface area contributed by atoms with Crippen molar-refractivity contribution < 1.29 is 39.1 Å². The van der Waals surface area contributed by atoms with Gasteiger partial charge in [0.1, 0.15) is 12.2 Å².